The molecule has 1 amide bonds. The van der Waals surface area contributed by atoms with Crippen molar-refractivity contribution in [3.05, 3.63) is 64.2 Å². The summed E-state index contributed by atoms with van der Waals surface area (Å²) in [4.78, 5) is 18.4. The molecule has 0 fully saturated rings. The first kappa shape index (κ1) is 22.4. The number of hydrogen-bond acceptors (Lipinski definition) is 7. The molecule has 6 nitrogen and oxygen atoms in total. The minimum Gasteiger partial charge on any atom is -0.301 e. The monoisotopic (exact) mass is 481 g/mol. The number of thiazole rings is 1. The lowest BCUT2D eigenvalue weighted by atomic mass is 10.1. The lowest BCUT2D eigenvalue weighted by Crippen LogP contribution is -2.14. The van der Waals surface area contributed by atoms with Crippen molar-refractivity contribution in [2.75, 3.05) is 11.1 Å². The van der Waals surface area contributed by atoms with E-state index in [1.165, 1.54) is 33.5 Å². The topological polar surface area (TPSA) is 72.7 Å². The van der Waals surface area contributed by atoms with E-state index in [0.29, 0.717) is 16.8 Å². The molecule has 0 saturated carbocycles. The van der Waals surface area contributed by atoms with Crippen LogP contribution in [0.5, 0.6) is 0 Å². The summed E-state index contributed by atoms with van der Waals surface area (Å²) in [7, 11) is 0. The van der Waals surface area contributed by atoms with Crippen LogP contribution < -0.4 is 5.32 Å². The molecule has 0 spiro atoms. The molecule has 0 aliphatic heterocycles. The highest BCUT2D eigenvalue weighted by Gasteiger charge is 2.19. The quantitative estimate of drug-likeness (QED) is 0.237. The predicted molar refractivity (Wildman–Crippen MR) is 135 cm³/mol. The van der Waals surface area contributed by atoms with Gasteiger partial charge < -0.3 is 5.32 Å². The maximum Gasteiger partial charge on any atom is 0.236 e. The van der Waals surface area contributed by atoms with Crippen molar-refractivity contribution in [1.29, 1.82) is 0 Å². The zero-order valence-electron chi connectivity index (χ0n) is 17.9. The third-order valence-electron chi connectivity index (χ3n) is 4.88. The number of carbonyl (C=O) groups excluding carboxylic acids is 1. The van der Waals surface area contributed by atoms with E-state index in [1.54, 1.807) is 11.3 Å². The van der Waals surface area contributed by atoms with Gasteiger partial charge in [-0.3, -0.25) is 9.36 Å². The van der Waals surface area contributed by atoms with Crippen molar-refractivity contribution in [2.45, 2.75) is 32.0 Å². The molecule has 0 unspecified atom stereocenters. The molecule has 1 N–H and O–H groups in total. The Morgan fingerprint density at radius 3 is 2.78 bits per heavy atom. The number of benzene rings is 1. The zero-order chi connectivity index (χ0) is 22.5. The van der Waals surface area contributed by atoms with E-state index in [0.717, 1.165) is 29.1 Å². The first-order valence-electron chi connectivity index (χ1n) is 10.2. The summed E-state index contributed by atoms with van der Waals surface area (Å²) >= 11 is 4.50. The zero-order valence-corrected chi connectivity index (χ0v) is 20.3. The van der Waals surface area contributed by atoms with Gasteiger partial charge in [-0.15, -0.1) is 39.4 Å². The molecule has 0 radical (unpaired) electrons. The lowest BCUT2D eigenvalue weighted by molar-refractivity contribution is -0.113. The van der Waals surface area contributed by atoms with Crippen LogP contribution in [-0.4, -0.2) is 31.4 Å². The number of nitrogens with zero attached hydrogens (tertiary/aromatic N) is 4. The Morgan fingerprint density at radius 2 is 2.03 bits per heavy atom. The highest BCUT2D eigenvalue weighted by molar-refractivity contribution is 7.99. The number of anilines is 1. The number of rotatable bonds is 9. The summed E-state index contributed by atoms with van der Waals surface area (Å²) < 4.78 is 2.02. The SMILES string of the molecule is C=CCn1c(SCC(=O)Nc2nc(-c3ccccc3)cs2)nnc1-c1csc(C)c1CC. The number of hydrogen-bond donors (Lipinski definition) is 1. The van der Waals surface area contributed by atoms with Crippen LogP contribution >= 0.6 is 34.4 Å². The third kappa shape index (κ3) is 4.85. The summed E-state index contributed by atoms with van der Waals surface area (Å²) in [5, 5.41) is 17.0. The average Bonchev–Trinajstić information content (AvgIpc) is 3.52. The third-order valence-corrected chi connectivity index (χ3v) is 7.56. The number of aromatic nitrogens is 4. The molecule has 0 saturated heterocycles. The largest absolute Gasteiger partial charge is 0.301 e. The number of thiophene rings is 1. The summed E-state index contributed by atoms with van der Waals surface area (Å²) in [6.45, 7) is 8.72. The van der Waals surface area contributed by atoms with E-state index < -0.39 is 0 Å². The summed E-state index contributed by atoms with van der Waals surface area (Å²) in [6.07, 6.45) is 2.76. The van der Waals surface area contributed by atoms with Crippen molar-refractivity contribution in [1.82, 2.24) is 19.7 Å². The van der Waals surface area contributed by atoms with Crippen LogP contribution in [0, 0.1) is 6.92 Å². The van der Waals surface area contributed by atoms with Crippen LogP contribution in [0.3, 0.4) is 0 Å². The fraction of sp³-hybridized carbons (Fsp3) is 0.217. The molecule has 4 rings (SSSR count). The van der Waals surface area contributed by atoms with Crippen molar-refractivity contribution in [2.24, 2.45) is 0 Å². The van der Waals surface area contributed by atoms with Gasteiger partial charge in [0.1, 0.15) is 0 Å². The van der Waals surface area contributed by atoms with Crippen molar-refractivity contribution in [3.63, 3.8) is 0 Å². The number of allylic oxidation sites excluding steroid dienone is 1. The molecule has 32 heavy (non-hydrogen) atoms. The Hall–Kier alpha value is -2.75. The fourth-order valence-electron chi connectivity index (χ4n) is 3.35. The second-order valence-electron chi connectivity index (χ2n) is 6.98. The smallest absolute Gasteiger partial charge is 0.236 e. The van der Waals surface area contributed by atoms with Crippen LogP contribution in [-0.2, 0) is 17.8 Å². The molecule has 0 atom stereocenters. The lowest BCUT2D eigenvalue weighted by Gasteiger charge is -2.08. The maximum atomic E-state index is 12.5. The van der Waals surface area contributed by atoms with Crippen LogP contribution in [0.25, 0.3) is 22.6 Å². The van der Waals surface area contributed by atoms with Gasteiger partial charge >= 0.3 is 0 Å². The molecule has 4 aromatic rings. The summed E-state index contributed by atoms with van der Waals surface area (Å²) in [5.41, 5.74) is 4.28. The molecule has 164 valence electrons. The van der Waals surface area contributed by atoms with Crippen LogP contribution in [0.15, 0.2) is 58.9 Å². The Kier molecular flexibility index (Phi) is 7.19. The molecule has 1 aromatic carbocycles. The van der Waals surface area contributed by atoms with Gasteiger partial charge in [0.25, 0.3) is 0 Å². The highest BCUT2D eigenvalue weighted by Crippen LogP contribution is 2.33. The van der Waals surface area contributed by atoms with Crippen LogP contribution in [0.2, 0.25) is 0 Å². The van der Waals surface area contributed by atoms with E-state index in [2.05, 4.69) is 46.3 Å². The molecular weight excluding hydrogens is 458 g/mol. The van der Waals surface area contributed by atoms with Gasteiger partial charge in [-0.1, -0.05) is 55.1 Å². The molecular formula is C23H23N5OS3. The van der Waals surface area contributed by atoms with Crippen molar-refractivity contribution < 1.29 is 4.79 Å². The summed E-state index contributed by atoms with van der Waals surface area (Å²) in [6, 6.07) is 9.91. The van der Waals surface area contributed by atoms with E-state index in [1.807, 2.05) is 46.4 Å². The van der Waals surface area contributed by atoms with Crippen LogP contribution in [0.4, 0.5) is 5.13 Å². The Balaban J connectivity index is 1.44. The molecule has 0 aliphatic rings. The van der Waals surface area contributed by atoms with Gasteiger partial charge in [0, 0.05) is 33.3 Å². The Morgan fingerprint density at radius 1 is 1.22 bits per heavy atom. The summed E-state index contributed by atoms with van der Waals surface area (Å²) in [5.74, 6) is 0.916. The van der Waals surface area contributed by atoms with E-state index in [4.69, 9.17) is 0 Å². The molecule has 0 aliphatic carbocycles. The molecule has 3 heterocycles. The van der Waals surface area contributed by atoms with Gasteiger partial charge in [-0.25, -0.2) is 4.98 Å². The maximum absolute atomic E-state index is 12.5. The number of amides is 1. The van der Waals surface area contributed by atoms with E-state index in [9.17, 15) is 4.79 Å². The van der Waals surface area contributed by atoms with Gasteiger partial charge in [0.15, 0.2) is 16.1 Å². The highest BCUT2D eigenvalue weighted by atomic mass is 32.2. The normalized spacial score (nSPS) is 10.9. The van der Waals surface area contributed by atoms with Crippen molar-refractivity contribution in [3.8, 4) is 22.6 Å². The second kappa shape index (κ2) is 10.2. The Labute approximate surface area is 199 Å². The number of nitrogens with one attached hydrogen (secondary N) is 1. The van der Waals surface area contributed by atoms with Gasteiger partial charge in [0.05, 0.1) is 11.4 Å². The van der Waals surface area contributed by atoms with Gasteiger partial charge in [-0.05, 0) is 18.9 Å². The van der Waals surface area contributed by atoms with Crippen molar-refractivity contribution >= 4 is 45.5 Å². The van der Waals surface area contributed by atoms with Crippen LogP contribution in [0.1, 0.15) is 17.4 Å². The standard InChI is InChI=1S/C23H23N5OS3/c1-4-11-28-21(18-12-30-15(3)17(18)5-2)26-27-23(28)32-14-20(29)25-22-24-19(13-31-22)16-9-7-6-8-10-16/h4,6-10,12-13H,1,5,11,14H2,2-3H3,(H,24,25,29). The second-order valence-corrected chi connectivity index (χ2v) is 9.87. The first-order chi connectivity index (χ1) is 15.6. The number of thioether (sulfide) groups is 1. The first-order valence-corrected chi connectivity index (χ1v) is 12.9. The average molecular weight is 482 g/mol. The minimum atomic E-state index is -0.126. The Bertz CT molecular complexity index is 1230. The number of aryl methyl sites for hydroxylation is 1. The molecule has 3 aromatic heterocycles. The minimum absolute atomic E-state index is 0.126. The van der Waals surface area contributed by atoms with E-state index in [-0.39, 0.29) is 11.7 Å². The molecule has 9 heteroatoms. The molecule has 0 bridgehead atoms. The van der Waals surface area contributed by atoms with Gasteiger partial charge in [0.2, 0.25) is 5.91 Å². The van der Waals surface area contributed by atoms with E-state index >= 15 is 0 Å². The fourth-order valence-corrected chi connectivity index (χ4v) is 5.78. The number of carbonyl (C=O) groups is 1. The van der Waals surface area contributed by atoms with Gasteiger partial charge in [-0.2, -0.15) is 0 Å². The predicted octanol–water partition coefficient (Wildman–Crippen LogP) is 5.92.